The van der Waals surface area contributed by atoms with Gasteiger partial charge >= 0.3 is 0 Å². The van der Waals surface area contributed by atoms with E-state index in [4.69, 9.17) is 9.72 Å². The average Bonchev–Trinajstić information content (AvgIpc) is 2.89. The molecule has 0 aromatic carbocycles. The Hall–Kier alpha value is -0.650. The van der Waals surface area contributed by atoms with Gasteiger partial charge in [0.1, 0.15) is 0 Å². The van der Waals surface area contributed by atoms with Crippen LogP contribution in [-0.4, -0.2) is 37.8 Å². The predicted molar refractivity (Wildman–Crippen MR) is 85.8 cm³/mol. The fourth-order valence-electron chi connectivity index (χ4n) is 2.61. The van der Waals surface area contributed by atoms with Crippen LogP contribution in [0.5, 0.6) is 0 Å². The Morgan fingerprint density at radius 2 is 2.30 bits per heavy atom. The molecule has 4 nitrogen and oxygen atoms in total. The topological polar surface area (TPSA) is 37.4 Å². The van der Waals surface area contributed by atoms with Crippen molar-refractivity contribution in [1.29, 1.82) is 0 Å². The molecule has 1 fully saturated rings. The molecule has 1 aliphatic rings. The SMILES string of the molecule is CCNCc1sc(N2CCCC(OC)C2)nc1C(C)C. The molecular weight excluding hydrogens is 270 g/mol. The third kappa shape index (κ3) is 3.71. The summed E-state index contributed by atoms with van der Waals surface area (Å²) in [6, 6.07) is 0. The Morgan fingerprint density at radius 1 is 1.50 bits per heavy atom. The highest BCUT2D eigenvalue weighted by Crippen LogP contribution is 2.32. The van der Waals surface area contributed by atoms with Crippen molar-refractivity contribution in [3.8, 4) is 0 Å². The quantitative estimate of drug-likeness (QED) is 0.876. The molecule has 1 aromatic heterocycles. The molecule has 0 spiro atoms. The summed E-state index contributed by atoms with van der Waals surface area (Å²) in [6.45, 7) is 10.6. The number of aromatic nitrogens is 1. The predicted octanol–water partition coefficient (Wildman–Crippen LogP) is 2.99. The lowest BCUT2D eigenvalue weighted by Crippen LogP contribution is -2.39. The van der Waals surface area contributed by atoms with Gasteiger partial charge in [0.2, 0.25) is 0 Å². The minimum absolute atomic E-state index is 0.354. The molecule has 114 valence electrons. The first-order valence-electron chi connectivity index (χ1n) is 7.63. The van der Waals surface area contributed by atoms with Crippen LogP contribution < -0.4 is 10.2 Å². The van der Waals surface area contributed by atoms with Gasteiger partial charge in [-0.2, -0.15) is 0 Å². The number of thiazole rings is 1. The van der Waals surface area contributed by atoms with Crippen molar-refractivity contribution in [2.45, 2.75) is 52.2 Å². The fraction of sp³-hybridized carbons (Fsp3) is 0.800. The van der Waals surface area contributed by atoms with Gasteiger partial charge in [0, 0.05) is 31.6 Å². The van der Waals surface area contributed by atoms with Crippen molar-refractivity contribution in [3.05, 3.63) is 10.6 Å². The zero-order valence-corrected chi connectivity index (χ0v) is 13.9. The summed E-state index contributed by atoms with van der Waals surface area (Å²) < 4.78 is 5.52. The molecule has 1 aromatic rings. The van der Waals surface area contributed by atoms with Crippen molar-refractivity contribution in [3.63, 3.8) is 0 Å². The summed E-state index contributed by atoms with van der Waals surface area (Å²) in [5.74, 6) is 0.483. The molecule has 2 rings (SSSR count). The lowest BCUT2D eigenvalue weighted by atomic mass is 10.1. The summed E-state index contributed by atoms with van der Waals surface area (Å²) >= 11 is 1.84. The highest BCUT2D eigenvalue weighted by Gasteiger charge is 2.23. The largest absolute Gasteiger partial charge is 0.380 e. The molecule has 1 aliphatic heterocycles. The van der Waals surface area contributed by atoms with Crippen LogP contribution in [0.4, 0.5) is 5.13 Å². The zero-order valence-electron chi connectivity index (χ0n) is 13.1. The van der Waals surface area contributed by atoms with Crippen LogP contribution in [0.15, 0.2) is 0 Å². The van der Waals surface area contributed by atoms with Crippen LogP contribution in [0.2, 0.25) is 0 Å². The van der Waals surface area contributed by atoms with Gasteiger partial charge in [-0.15, -0.1) is 11.3 Å². The second-order valence-electron chi connectivity index (χ2n) is 5.69. The lowest BCUT2D eigenvalue weighted by Gasteiger charge is -2.31. The normalized spacial score (nSPS) is 19.9. The van der Waals surface area contributed by atoms with Crippen LogP contribution >= 0.6 is 11.3 Å². The molecule has 2 heterocycles. The van der Waals surface area contributed by atoms with Gasteiger partial charge in [-0.3, -0.25) is 0 Å². The number of piperidine rings is 1. The van der Waals surface area contributed by atoms with Gasteiger partial charge in [0.05, 0.1) is 11.8 Å². The Labute approximate surface area is 126 Å². The number of nitrogens with zero attached hydrogens (tertiary/aromatic N) is 2. The molecule has 0 radical (unpaired) electrons. The third-order valence-corrected chi connectivity index (χ3v) is 4.91. The number of hydrogen-bond donors (Lipinski definition) is 1. The molecular formula is C15H27N3OS. The minimum atomic E-state index is 0.354. The fourth-order valence-corrected chi connectivity index (χ4v) is 3.83. The third-order valence-electron chi connectivity index (χ3n) is 3.78. The monoisotopic (exact) mass is 297 g/mol. The van der Waals surface area contributed by atoms with Gasteiger partial charge in [-0.05, 0) is 25.3 Å². The van der Waals surface area contributed by atoms with E-state index in [-0.39, 0.29) is 0 Å². The molecule has 0 bridgehead atoms. The number of rotatable bonds is 6. The zero-order chi connectivity index (χ0) is 14.5. The number of ether oxygens (including phenoxy) is 1. The van der Waals surface area contributed by atoms with Crippen molar-refractivity contribution in [2.24, 2.45) is 0 Å². The minimum Gasteiger partial charge on any atom is -0.380 e. The second kappa shape index (κ2) is 7.38. The number of nitrogens with one attached hydrogen (secondary N) is 1. The van der Waals surface area contributed by atoms with Gasteiger partial charge in [0.15, 0.2) is 5.13 Å². The standard InChI is InChI=1S/C15H27N3OS/c1-5-16-9-13-14(11(2)3)17-15(20-13)18-8-6-7-12(10-18)19-4/h11-12,16H,5-10H2,1-4H3. The van der Waals surface area contributed by atoms with E-state index in [2.05, 4.69) is 31.0 Å². The molecule has 1 atom stereocenters. The summed E-state index contributed by atoms with van der Waals surface area (Å²) in [7, 11) is 1.81. The molecule has 1 N–H and O–H groups in total. The van der Waals surface area contributed by atoms with Crippen molar-refractivity contribution >= 4 is 16.5 Å². The molecule has 1 unspecified atom stereocenters. The van der Waals surface area contributed by atoms with Crippen LogP contribution in [0.1, 0.15) is 50.1 Å². The average molecular weight is 297 g/mol. The van der Waals surface area contributed by atoms with E-state index < -0.39 is 0 Å². The van der Waals surface area contributed by atoms with Gasteiger partial charge in [-0.25, -0.2) is 4.98 Å². The first-order chi connectivity index (χ1) is 9.65. The van der Waals surface area contributed by atoms with E-state index >= 15 is 0 Å². The van der Waals surface area contributed by atoms with E-state index in [0.29, 0.717) is 12.0 Å². The maximum absolute atomic E-state index is 5.52. The second-order valence-corrected chi connectivity index (χ2v) is 6.75. The van der Waals surface area contributed by atoms with Crippen LogP contribution in [0.3, 0.4) is 0 Å². The Bertz CT molecular complexity index is 419. The van der Waals surface area contributed by atoms with Crippen molar-refractivity contribution < 1.29 is 4.74 Å². The van der Waals surface area contributed by atoms with Crippen LogP contribution in [0, 0.1) is 0 Å². The maximum Gasteiger partial charge on any atom is 0.185 e. The van der Waals surface area contributed by atoms with Crippen LogP contribution in [0.25, 0.3) is 0 Å². The van der Waals surface area contributed by atoms with E-state index in [9.17, 15) is 0 Å². The Kier molecular flexibility index (Phi) is 5.81. The summed E-state index contributed by atoms with van der Waals surface area (Å²) in [4.78, 5) is 8.68. The number of methoxy groups -OCH3 is 1. The first kappa shape index (κ1) is 15.7. The first-order valence-corrected chi connectivity index (χ1v) is 8.45. The Balaban J connectivity index is 2.14. The van der Waals surface area contributed by atoms with Gasteiger partial charge in [0.25, 0.3) is 0 Å². The van der Waals surface area contributed by atoms with Crippen molar-refractivity contribution in [2.75, 3.05) is 31.6 Å². The highest BCUT2D eigenvalue weighted by molar-refractivity contribution is 7.15. The lowest BCUT2D eigenvalue weighted by molar-refractivity contribution is 0.0893. The molecule has 5 heteroatoms. The molecule has 1 saturated heterocycles. The Morgan fingerprint density at radius 3 is 2.95 bits per heavy atom. The number of anilines is 1. The van der Waals surface area contributed by atoms with Gasteiger partial charge in [-0.1, -0.05) is 20.8 Å². The summed E-state index contributed by atoms with van der Waals surface area (Å²) in [5, 5.41) is 4.59. The van der Waals surface area contributed by atoms with E-state index in [0.717, 1.165) is 26.2 Å². The number of hydrogen-bond acceptors (Lipinski definition) is 5. The van der Waals surface area contributed by atoms with E-state index in [1.54, 1.807) is 0 Å². The van der Waals surface area contributed by atoms with Crippen molar-refractivity contribution in [1.82, 2.24) is 10.3 Å². The molecule has 0 aliphatic carbocycles. The van der Waals surface area contributed by atoms with E-state index in [1.807, 2.05) is 18.4 Å². The summed E-state index contributed by atoms with van der Waals surface area (Å²) in [5.41, 5.74) is 1.26. The van der Waals surface area contributed by atoms with Gasteiger partial charge < -0.3 is 15.0 Å². The van der Waals surface area contributed by atoms with Crippen LogP contribution in [-0.2, 0) is 11.3 Å². The molecule has 0 saturated carbocycles. The van der Waals surface area contributed by atoms with E-state index in [1.165, 1.54) is 28.5 Å². The smallest absolute Gasteiger partial charge is 0.185 e. The molecule has 0 amide bonds. The summed E-state index contributed by atoms with van der Waals surface area (Å²) in [6.07, 6.45) is 2.71. The maximum atomic E-state index is 5.52. The molecule has 20 heavy (non-hydrogen) atoms. The highest BCUT2D eigenvalue weighted by atomic mass is 32.1.